The zero-order chi connectivity index (χ0) is 16.8. The molecule has 120 valence electrons. The largest absolute Gasteiger partial charge is 0.508 e. The lowest BCUT2D eigenvalue weighted by Gasteiger charge is -2.13. The Morgan fingerprint density at radius 2 is 1.74 bits per heavy atom. The van der Waals surface area contributed by atoms with Crippen LogP contribution in [0, 0.1) is 0 Å². The van der Waals surface area contributed by atoms with Gasteiger partial charge in [-0.1, -0.05) is 12.1 Å². The number of carbonyl (C=O) groups is 1. The maximum Gasteiger partial charge on any atom is 0.203 e. The lowest BCUT2D eigenvalue weighted by atomic mass is 10.1. The monoisotopic (exact) mass is 314 g/mol. The van der Waals surface area contributed by atoms with Gasteiger partial charge in [0.25, 0.3) is 0 Å². The van der Waals surface area contributed by atoms with Gasteiger partial charge in [0.15, 0.2) is 17.3 Å². The third kappa shape index (κ3) is 3.63. The first-order valence-electron chi connectivity index (χ1n) is 6.91. The molecule has 5 nitrogen and oxygen atoms in total. The van der Waals surface area contributed by atoms with Crippen molar-refractivity contribution in [2.75, 3.05) is 21.3 Å². The number of hydrogen-bond acceptors (Lipinski definition) is 5. The van der Waals surface area contributed by atoms with Crippen LogP contribution in [0.3, 0.4) is 0 Å². The van der Waals surface area contributed by atoms with E-state index in [1.54, 1.807) is 30.3 Å². The number of phenols is 1. The molecule has 0 aliphatic carbocycles. The molecule has 0 fully saturated rings. The normalized spacial score (nSPS) is 10.6. The van der Waals surface area contributed by atoms with Crippen LogP contribution in [0.1, 0.15) is 15.9 Å². The fourth-order valence-corrected chi connectivity index (χ4v) is 2.18. The number of carbonyl (C=O) groups excluding carboxylic acids is 1. The number of phenolic OH excluding ortho intramolecular Hbond substituents is 1. The molecule has 5 heteroatoms. The molecule has 0 unspecified atom stereocenters. The van der Waals surface area contributed by atoms with E-state index in [4.69, 9.17) is 14.2 Å². The Morgan fingerprint density at radius 3 is 2.35 bits per heavy atom. The Balaban J connectivity index is 2.34. The van der Waals surface area contributed by atoms with Gasteiger partial charge in [-0.3, -0.25) is 4.79 Å². The summed E-state index contributed by atoms with van der Waals surface area (Å²) < 4.78 is 15.9. The van der Waals surface area contributed by atoms with Crippen molar-refractivity contribution in [1.29, 1.82) is 0 Å². The second-order valence-corrected chi connectivity index (χ2v) is 4.67. The van der Waals surface area contributed by atoms with E-state index < -0.39 is 0 Å². The Kier molecular flexibility index (Phi) is 5.25. The second-order valence-electron chi connectivity index (χ2n) is 4.67. The zero-order valence-corrected chi connectivity index (χ0v) is 13.2. The van der Waals surface area contributed by atoms with Gasteiger partial charge in [-0.15, -0.1) is 0 Å². The highest BCUT2D eigenvalue weighted by atomic mass is 16.5. The van der Waals surface area contributed by atoms with Crippen LogP contribution in [0.2, 0.25) is 0 Å². The predicted molar refractivity (Wildman–Crippen MR) is 87.6 cm³/mol. The number of aromatic hydroxyl groups is 1. The van der Waals surface area contributed by atoms with Crippen molar-refractivity contribution in [3.05, 3.63) is 53.6 Å². The number of allylic oxidation sites excluding steroid dienone is 1. The summed E-state index contributed by atoms with van der Waals surface area (Å²) in [5.41, 5.74) is 1.08. The zero-order valence-electron chi connectivity index (χ0n) is 13.2. The average molecular weight is 314 g/mol. The van der Waals surface area contributed by atoms with Gasteiger partial charge in [0, 0.05) is 11.1 Å². The Morgan fingerprint density at radius 1 is 1.00 bits per heavy atom. The fraction of sp³-hybridized carbons (Fsp3) is 0.167. The summed E-state index contributed by atoms with van der Waals surface area (Å²) in [7, 11) is 4.58. The molecular formula is C18H18O5. The van der Waals surface area contributed by atoms with E-state index >= 15 is 0 Å². The lowest BCUT2D eigenvalue weighted by molar-refractivity contribution is 0.104. The predicted octanol–water partition coefficient (Wildman–Crippen LogP) is 3.31. The van der Waals surface area contributed by atoms with Crippen molar-refractivity contribution in [3.8, 4) is 23.0 Å². The summed E-state index contributed by atoms with van der Waals surface area (Å²) in [6.07, 6.45) is 3.05. The molecule has 0 amide bonds. The number of ether oxygens (including phenoxy) is 3. The van der Waals surface area contributed by atoms with E-state index in [1.165, 1.54) is 39.5 Å². The quantitative estimate of drug-likeness (QED) is 0.654. The van der Waals surface area contributed by atoms with Gasteiger partial charge in [-0.2, -0.15) is 0 Å². The van der Waals surface area contributed by atoms with Gasteiger partial charge in [0.05, 0.1) is 21.3 Å². The third-order valence-corrected chi connectivity index (χ3v) is 3.28. The standard InChI is InChI=1S/C18H18O5/c1-21-16-10-8-12(17(22-2)18(16)23-3)7-9-15(20)13-5-4-6-14(19)11-13/h4-11,19H,1-3H3/b9-7-. The molecule has 0 radical (unpaired) electrons. The van der Waals surface area contributed by atoms with Crippen LogP contribution >= 0.6 is 0 Å². The summed E-state index contributed by atoms with van der Waals surface area (Å²) in [5, 5.41) is 9.43. The number of rotatable bonds is 6. The number of ketones is 1. The molecule has 0 spiro atoms. The fourth-order valence-electron chi connectivity index (χ4n) is 2.18. The molecule has 0 aliphatic heterocycles. The summed E-state index contributed by atoms with van der Waals surface area (Å²) in [6, 6.07) is 9.69. The van der Waals surface area contributed by atoms with Crippen LogP contribution < -0.4 is 14.2 Å². The van der Waals surface area contributed by atoms with Crippen LogP contribution in [-0.4, -0.2) is 32.2 Å². The molecule has 0 bridgehead atoms. The first kappa shape index (κ1) is 16.4. The molecule has 2 rings (SSSR count). The van der Waals surface area contributed by atoms with E-state index in [1.807, 2.05) is 0 Å². The summed E-state index contributed by atoms with van der Waals surface area (Å²) in [5.74, 6) is 1.31. The first-order valence-corrected chi connectivity index (χ1v) is 6.91. The number of hydrogen-bond donors (Lipinski definition) is 1. The smallest absolute Gasteiger partial charge is 0.203 e. The molecule has 0 saturated heterocycles. The highest BCUT2D eigenvalue weighted by Crippen LogP contribution is 2.40. The van der Waals surface area contributed by atoms with Gasteiger partial charge >= 0.3 is 0 Å². The minimum Gasteiger partial charge on any atom is -0.508 e. The van der Waals surface area contributed by atoms with E-state index in [-0.39, 0.29) is 11.5 Å². The van der Waals surface area contributed by atoms with Crippen molar-refractivity contribution in [2.24, 2.45) is 0 Å². The van der Waals surface area contributed by atoms with Crippen molar-refractivity contribution >= 4 is 11.9 Å². The molecule has 0 aliphatic rings. The molecule has 23 heavy (non-hydrogen) atoms. The van der Waals surface area contributed by atoms with E-state index in [9.17, 15) is 9.90 Å². The van der Waals surface area contributed by atoms with Crippen LogP contribution in [0.25, 0.3) is 6.08 Å². The van der Waals surface area contributed by atoms with Crippen molar-refractivity contribution in [2.45, 2.75) is 0 Å². The Labute approximate surface area is 134 Å². The van der Waals surface area contributed by atoms with Crippen molar-refractivity contribution < 1.29 is 24.1 Å². The first-order chi connectivity index (χ1) is 11.1. The second kappa shape index (κ2) is 7.35. The van der Waals surface area contributed by atoms with Gasteiger partial charge in [0.1, 0.15) is 5.75 Å². The van der Waals surface area contributed by atoms with Crippen LogP contribution in [-0.2, 0) is 0 Å². The van der Waals surface area contributed by atoms with E-state index in [0.29, 0.717) is 28.4 Å². The summed E-state index contributed by atoms with van der Waals surface area (Å²) >= 11 is 0. The number of methoxy groups -OCH3 is 3. The Hall–Kier alpha value is -2.95. The van der Waals surface area contributed by atoms with E-state index in [2.05, 4.69) is 0 Å². The topological polar surface area (TPSA) is 65.0 Å². The molecule has 0 saturated carbocycles. The average Bonchev–Trinajstić information content (AvgIpc) is 2.58. The third-order valence-electron chi connectivity index (χ3n) is 3.28. The van der Waals surface area contributed by atoms with Crippen LogP contribution in [0.15, 0.2) is 42.5 Å². The van der Waals surface area contributed by atoms with Gasteiger partial charge in [0.2, 0.25) is 5.75 Å². The van der Waals surface area contributed by atoms with Gasteiger partial charge in [-0.05, 0) is 36.4 Å². The molecule has 1 N–H and O–H groups in total. The van der Waals surface area contributed by atoms with Crippen molar-refractivity contribution in [1.82, 2.24) is 0 Å². The maximum atomic E-state index is 12.2. The molecule has 0 atom stereocenters. The van der Waals surface area contributed by atoms with Gasteiger partial charge < -0.3 is 19.3 Å². The summed E-state index contributed by atoms with van der Waals surface area (Å²) in [4.78, 5) is 12.2. The maximum absolute atomic E-state index is 12.2. The molecule has 2 aromatic carbocycles. The minimum absolute atomic E-state index is 0.0490. The molecule has 0 aromatic heterocycles. The lowest BCUT2D eigenvalue weighted by Crippen LogP contribution is -1.97. The van der Waals surface area contributed by atoms with E-state index in [0.717, 1.165) is 0 Å². The van der Waals surface area contributed by atoms with Crippen LogP contribution in [0.5, 0.6) is 23.0 Å². The minimum atomic E-state index is -0.224. The number of benzene rings is 2. The highest BCUT2D eigenvalue weighted by Gasteiger charge is 2.14. The molecular weight excluding hydrogens is 296 g/mol. The van der Waals surface area contributed by atoms with Gasteiger partial charge in [-0.25, -0.2) is 0 Å². The van der Waals surface area contributed by atoms with Crippen molar-refractivity contribution in [3.63, 3.8) is 0 Å². The highest BCUT2D eigenvalue weighted by molar-refractivity contribution is 6.07. The summed E-state index contributed by atoms with van der Waals surface area (Å²) in [6.45, 7) is 0. The molecule has 2 aromatic rings. The Bertz CT molecular complexity index is 734. The van der Waals surface area contributed by atoms with Crippen LogP contribution in [0.4, 0.5) is 0 Å². The SMILES string of the molecule is COc1ccc(/C=C\C(=O)c2cccc(O)c2)c(OC)c1OC. The molecule has 0 heterocycles.